The predicted molar refractivity (Wildman–Crippen MR) is 46.4 cm³/mol. The van der Waals surface area contributed by atoms with E-state index in [1.807, 2.05) is 0 Å². The molecule has 0 spiro atoms. The molecule has 0 aromatic rings. The van der Waals surface area contributed by atoms with E-state index in [1.54, 1.807) is 0 Å². The normalized spacial score (nSPS) is 10.2. The third-order valence-electron chi connectivity index (χ3n) is 1.72. The van der Waals surface area contributed by atoms with E-state index in [0.717, 1.165) is 6.07 Å². The number of nitro groups is 2. The summed E-state index contributed by atoms with van der Waals surface area (Å²) in [6.07, 6.45) is 1.68. The van der Waals surface area contributed by atoms with Gasteiger partial charge in [0.05, 0.1) is 0 Å². The summed E-state index contributed by atoms with van der Waals surface area (Å²) in [5, 5.41) is 29.3. The fraction of sp³-hybridized carbons (Fsp3) is 0.571. The molecule has 0 aliphatic carbocycles. The van der Waals surface area contributed by atoms with Gasteiger partial charge in [-0.3, -0.25) is 20.2 Å². The topological polar surface area (TPSA) is 110 Å². The van der Waals surface area contributed by atoms with E-state index in [1.165, 1.54) is 6.08 Å². The molecule has 0 aliphatic heterocycles. The van der Waals surface area contributed by atoms with Crippen molar-refractivity contribution in [3.05, 3.63) is 32.9 Å². The van der Waals surface area contributed by atoms with E-state index in [0.29, 0.717) is 6.42 Å². The van der Waals surface area contributed by atoms with Crippen LogP contribution in [0.5, 0.6) is 0 Å². The summed E-state index contributed by atoms with van der Waals surface area (Å²) in [7, 11) is 0. The molecule has 0 aromatic carbocycles. The molecule has 0 aliphatic rings. The van der Waals surface area contributed by atoms with Crippen LogP contribution in [0.3, 0.4) is 0 Å². The van der Waals surface area contributed by atoms with Crippen molar-refractivity contribution in [1.82, 2.24) is 0 Å². The van der Waals surface area contributed by atoms with Crippen LogP contribution in [0, 0.1) is 31.6 Å². The maximum atomic E-state index is 10.4. The lowest BCUT2D eigenvalue weighted by Gasteiger charge is -2.08. The molecule has 0 amide bonds. The first-order valence-electron chi connectivity index (χ1n) is 3.82. The van der Waals surface area contributed by atoms with Crippen molar-refractivity contribution < 1.29 is 9.85 Å². The zero-order chi connectivity index (χ0) is 11.2. The first-order chi connectivity index (χ1) is 6.51. The second-order valence-corrected chi connectivity index (χ2v) is 2.62. The fourth-order valence-electron chi connectivity index (χ4n) is 0.880. The van der Waals surface area contributed by atoms with E-state index in [2.05, 4.69) is 6.58 Å². The molecular weight excluding hydrogens is 190 g/mol. The summed E-state index contributed by atoms with van der Waals surface area (Å²) in [6, 6.07) is 1.14. The fourth-order valence-corrected chi connectivity index (χ4v) is 0.880. The van der Waals surface area contributed by atoms with Crippen molar-refractivity contribution in [1.29, 1.82) is 5.26 Å². The average Bonchev–Trinajstić information content (AvgIpc) is 2.11. The van der Waals surface area contributed by atoms with E-state index < -0.39 is 21.9 Å². The SMILES string of the molecule is C=CCCCC(C#N)([N+](=O)[O-])[N+](=O)[O-]. The third-order valence-corrected chi connectivity index (χ3v) is 1.72. The van der Waals surface area contributed by atoms with Crippen LogP contribution in [0.4, 0.5) is 0 Å². The zero-order valence-corrected chi connectivity index (χ0v) is 7.38. The standard InChI is InChI=1S/C7H9N3O4/c1-2-3-4-5-7(6-8,9(11)12)10(13)14/h2H,1,3-5H2. The van der Waals surface area contributed by atoms with Gasteiger partial charge in [0.1, 0.15) is 16.3 Å². The zero-order valence-electron chi connectivity index (χ0n) is 7.38. The van der Waals surface area contributed by atoms with Crippen LogP contribution in [-0.4, -0.2) is 15.5 Å². The highest BCUT2D eigenvalue weighted by Gasteiger charge is 2.56. The number of rotatable bonds is 6. The minimum Gasteiger partial charge on any atom is -0.257 e. The Morgan fingerprint density at radius 2 is 1.93 bits per heavy atom. The van der Waals surface area contributed by atoms with Gasteiger partial charge in [-0.15, -0.1) is 6.58 Å². The Hall–Kier alpha value is -1.97. The van der Waals surface area contributed by atoms with Gasteiger partial charge in [-0.05, 0) is 12.8 Å². The predicted octanol–water partition coefficient (Wildman–Crippen LogP) is 1.12. The summed E-state index contributed by atoms with van der Waals surface area (Å²) >= 11 is 0. The Kier molecular flexibility index (Phi) is 4.22. The van der Waals surface area contributed by atoms with Gasteiger partial charge in [0.2, 0.25) is 6.07 Å². The van der Waals surface area contributed by atoms with Crippen molar-refractivity contribution in [2.24, 2.45) is 0 Å². The molecule has 7 nitrogen and oxygen atoms in total. The van der Waals surface area contributed by atoms with Crippen molar-refractivity contribution in [3.8, 4) is 6.07 Å². The average molecular weight is 199 g/mol. The van der Waals surface area contributed by atoms with Crippen LogP contribution in [0.15, 0.2) is 12.7 Å². The number of nitriles is 1. The van der Waals surface area contributed by atoms with Crippen molar-refractivity contribution >= 4 is 0 Å². The highest BCUT2D eigenvalue weighted by atomic mass is 16.7. The Bertz CT molecular complexity index is 280. The van der Waals surface area contributed by atoms with Gasteiger partial charge in [-0.1, -0.05) is 6.08 Å². The summed E-state index contributed by atoms with van der Waals surface area (Å²) in [6.45, 7) is 3.37. The lowest BCUT2D eigenvalue weighted by molar-refractivity contribution is -0.778. The highest BCUT2D eigenvalue weighted by Crippen LogP contribution is 2.18. The molecule has 0 unspecified atom stereocenters. The van der Waals surface area contributed by atoms with Gasteiger partial charge in [0.15, 0.2) is 0 Å². The second kappa shape index (κ2) is 4.91. The molecule has 0 saturated heterocycles. The van der Waals surface area contributed by atoms with Crippen LogP contribution in [-0.2, 0) is 0 Å². The van der Waals surface area contributed by atoms with Gasteiger partial charge < -0.3 is 0 Å². The molecule has 0 N–H and O–H groups in total. The molecule has 0 heterocycles. The van der Waals surface area contributed by atoms with Gasteiger partial charge in [-0.25, -0.2) is 0 Å². The van der Waals surface area contributed by atoms with Crippen LogP contribution < -0.4 is 0 Å². The third kappa shape index (κ3) is 2.26. The Labute approximate surface area is 79.9 Å². The minimum absolute atomic E-state index is 0.193. The molecule has 0 aromatic heterocycles. The lowest BCUT2D eigenvalue weighted by Crippen LogP contribution is -2.44. The molecule has 0 saturated carbocycles. The number of hydrogen-bond donors (Lipinski definition) is 0. The van der Waals surface area contributed by atoms with Gasteiger partial charge in [0.25, 0.3) is 0 Å². The largest absolute Gasteiger partial charge is 0.543 e. The van der Waals surface area contributed by atoms with Crippen LogP contribution in [0.1, 0.15) is 19.3 Å². The molecule has 0 bridgehead atoms. The quantitative estimate of drug-likeness (QED) is 0.209. The first kappa shape index (κ1) is 12.0. The number of nitrogens with zero attached hydrogens (tertiary/aromatic N) is 3. The number of hydrogen-bond acceptors (Lipinski definition) is 5. The lowest BCUT2D eigenvalue weighted by atomic mass is 10.1. The molecule has 7 heteroatoms. The van der Waals surface area contributed by atoms with Gasteiger partial charge in [-0.2, -0.15) is 5.26 Å². The second-order valence-electron chi connectivity index (χ2n) is 2.62. The molecule has 0 rings (SSSR count). The van der Waals surface area contributed by atoms with Gasteiger partial charge >= 0.3 is 5.66 Å². The Balaban J connectivity index is 4.71. The monoisotopic (exact) mass is 199 g/mol. The van der Waals surface area contributed by atoms with E-state index in [9.17, 15) is 20.2 Å². The van der Waals surface area contributed by atoms with Crippen molar-refractivity contribution in [2.45, 2.75) is 24.9 Å². The molecule has 0 radical (unpaired) electrons. The smallest absolute Gasteiger partial charge is 0.257 e. The van der Waals surface area contributed by atoms with Gasteiger partial charge in [0, 0.05) is 0 Å². The summed E-state index contributed by atoms with van der Waals surface area (Å²) in [4.78, 5) is 18.5. The summed E-state index contributed by atoms with van der Waals surface area (Å²) in [5.74, 6) is 0. The molecule has 76 valence electrons. The van der Waals surface area contributed by atoms with Crippen LogP contribution >= 0.6 is 0 Å². The van der Waals surface area contributed by atoms with E-state index >= 15 is 0 Å². The van der Waals surface area contributed by atoms with Crippen LogP contribution in [0.25, 0.3) is 0 Å². The molecule has 0 fully saturated rings. The molecule has 14 heavy (non-hydrogen) atoms. The van der Waals surface area contributed by atoms with E-state index in [4.69, 9.17) is 5.26 Å². The Morgan fingerprint density at radius 1 is 1.43 bits per heavy atom. The molecular formula is C7H9N3O4. The minimum atomic E-state index is -2.71. The van der Waals surface area contributed by atoms with Crippen molar-refractivity contribution in [3.63, 3.8) is 0 Å². The highest BCUT2D eigenvalue weighted by molar-refractivity contribution is 4.92. The van der Waals surface area contributed by atoms with Crippen molar-refractivity contribution in [2.75, 3.05) is 0 Å². The maximum absolute atomic E-state index is 10.4. The first-order valence-corrected chi connectivity index (χ1v) is 3.82. The van der Waals surface area contributed by atoms with Crippen LogP contribution in [0.2, 0.25) is 0 Å². The Morgan fingerprint density at radius 3 is 2.21 bits per heavy atom. The maximum Gasteiger partial charge on any atom is 0.543 e. The summed E-state index contributed by atoms with van der Waals surface area (Å²) < 4.78 is 0. The number of unbranched alkanes of at least 4 members (excludes halogenated alkanes) is 1. The van der Waals surface area contributed by atoms with E-state index in [-0.39, 0.29) is 6.42 Å². The molecule has 0 atom stereocenters. The summed E-state index contributed by atoms with van der Waals surface area (Å²) in [5.41, 5.74) is -2.71. The number of allylic oxidation sites excluding steroid dienone is 1.